The van der Waals surface area contributed by atoms with Crippen molar-refractivity contribution in [2.45, 2.75) is 18.9 Å². The number of hydrogen-bond acceptors (Lipinski definition) is 1. The van der Waals surface area contributed by atoms with Crippen molar-refractivity contribution >= 4 is 11.6 Å². The van der Waals surface area contributed by atoms with Crippen LogP contribution in [0.4, 0.5) is 5.69 Å². The van der Waals surface area contributed by atoms with Crippen molar-refractivity contribution in [2.75, 3.05) is 4.90 Å². The summed E-state index contributed by atoms with van der Waals surface area (Å²) in [6, 6.07) is 28.3. The monoisotopic (exact) mass is 313 g/mol. The number of para-hydroxylation sites is 1. The molecule has 0 spiro atoms. The van der Waals surface area contributed by atoms with Gasteiger partial charge in [-0.25, -0.2) is 0 Å². The van der Waals surface area contributed by atoms with E-state index >= 15 is 0 Å². The van der Waals surface area contributed by atoms with Crippen LogP contribution in [0.1, 0.15) is 34.8 Å². The smallest absolute Gasteiger partial charge is 0.259 e. The van der Waals surface area contributed by atoms with E-state index in [1.807, 2.05) is 71.6 Å². The van der Waals surface area contributed by atoms with E-state index in [2.05, 4.69) is 25.1 Å². The highest BCUT2D eigenvalue weighted by Crippen LogP contribution is 2.48. The van der Waals surface area contributed by atoms with E-state index in [4.69, 9.17) is 0 Å². The summed E-state index contributed by atoms with van der Waals surface area (Å²) in [5.74, 6) is 0.0718. The Balaban J connectivity index is 2.04. The fraction of sp³-hybridized carbons (Fsp3) is 0.136. The highest BCUT2D eigenvalue weighted by Gasteiger charge is 2.50. The maximum absolute atomic E-state index is 13.3. The summed E-state index contributed by atoms with van der Waals surface area (Å²) in [4.78, 5) is 15.2. The molecule has 3 aromatic rings. The number of rotatable bonds is 3. The van der Waals surface area contributed by atoms with Gasteiger partial charge in [0.05, 0.1) is 5.54 Å². The van der Waals surface area contributed by atoms with Crippen molar-refractivity contribution in [3.05, 3.63) is 102 Å². The van der Waals surface area contributed by atoms with Crippen molar-refractivity contribution in [1.29, 1.82) is 0 Å². The lowest BCUT2D eigenvalue weighted by molar-refractivity contribution is 0.0981. The predicted octanol–water partition coefficient (Wildman–Crippen LogP) is 5.00. The molecule has 4 rings (SSSR count). The first-order valence-electron chi connectivity index (χ1n) is 8.33. The molecule has 1 aliphatic rings. The molecular weight excluding hydrogens is 294 g/mol. The topological polar surface area (TPSA) is 20.3 Å². The summed E-state index contributed by atoms with van der Waals surface area (Å²) in [6.07, 6.45) is 0.814. The van der Waals surface area contributed by atoms with Gasteiger partial charge in [0.15, 0.2) is 0 Å². The minimum absolute atomic E-state index is 0.0718. The Labute approximate surface area is 142 Å². The van der Waals surface area contributed by atoms with E-state index in [1.54, 1.807) is 0 Å². The second-order valence-corrected chi connectivity index (χ2v) is 6.10. The van der Waals surface area contributed by atoms with Crippen molar-refractivity contribution < 1.29 is 4.79 Å². The van der Waals surface area contributed by atoms with E-state index in [1.165, 1.54) is 0 Å². The van der Waals surface area contributed by atoms with Crippen molar-refractivity contribution in [1.82, 2.24) is 0 Å². The number of hydrogen-bond donors (Lipinski definition) is 0. The molecule has 0 saturated heterocycles. The molecule has 0 aromatic heterocycles. The van der Waals surface area contributed by atoms with Crippen LogP contribution in [0.25, 0.3) is 0 Å². The van der Waals surface area contributed by atoms with Crippen LogP contribution in [0.15, 0.2) is 84.9 Å². The Morgan fingerprint density at radius 2 is 1.38 bits per heavy atom. The van der Waals surface area contributed by atoms with E-state index in [9.17, 15) is 4.79 Å². The summed E-state index contributed by atoms with van der Waals surface area (Å²) in [6.45, 7) is 2.15. The first-order valence-corrected chi connectivity index (χ1v) is 8.33. The van der Waals surface area contributed by atoms with Crippen LogP contribution >= 0.6 is 0 Å². The molecule has 1 amide bonds. The minimum Gasteiger partial charge on any atom is -0.294 e. The van der Waals surface area contributed by atoms with Gasteiger partial charge in [-0.3, -0.25) is 9.69 Å². The summed E-state index contributed by atoms with van der Waals surface area (Å²) >= 11 is 0. The van der Waals surface area contributed by atoms with Gasteiger partial charge < -0.3 is 0 Å². The zero-order valence-electron chi connectivity index (χ0n) is 13.6. The molecule has 0 fully saturated rings. The summed E-state index contributed by atoms with van der Waals surface area (Å²) in [5.41, 5.74) is 3.51. The van der Waals surface area contributed by atoms with Gasteiger partial charge in [-0.1, -0.05) is 73.7 Å². The number of carbonyl (C=O) groups is 1. The highest BCUT2D eigenvalue weighted by molar-refractivity contribution is 6.12. The van der Waals surface area contributed by atoms with Crippen LogP contribution in [0, 0.1) is 0 Å². The molecule has 1 unspecified atom stereocenters. The molecule has 0 bridgehead atoms. The predicted molar refractivity (Wildman–Crippen MR) is 97.2 cm³/mol. The maximum Gasteiger partial charge on any atom is 0.259 e. The molecule has 1 heterocycles. The molecular formula is C22H19NO. The largest absolute Gasteiger partial charge is 0.294 e. The summed E-state index contributed by atoms with van der Waals surface area (Å²) < 4.78 is 0. The van der Waals surface area contributed by atoms with Crippen LogP contribution in [0.3, 0.4) is 0 Å². The SMILES string of the molecule is CCC1(c2ccccc2)c2ccccc2C(=O)N1c1ccccc1. The van der Waals surface area contributed by atoms with Crippen LogP contribution in [0.5, 0.6) is 0 Å². The molecule has 24 heavy (non-hydrogen) atoms. The van der Waals surface area contributed by atoms with Crippen LogP contribution < -0.4 is 4.90 Å². The lowest BCUT2D eigenvalue weighted by Crippen LogP contribution is -2.44. The number of carbonyl (C=O) groups excluding carboxylic acids is 1. The normalized spacial score (nSPS) is 19.4. The minimum atomic E-state index is -0.462. The first-order chi connectivity index (χ1) is 11.8. The van der Waals surface area contributed by atoms with Gasteiger partial charge in [-0.2, -0.15) is 0 Å². The molecule has 1 atom stereocenters. The lowest BCUT2D eigenvalue weighted by Gasteiger charge is -2.39. The number of anilines is 1. The second-order valence-electron chi connectivity index (χ2n) is 6.10. The van der Waals surface area contributed by atoms with E-state index in [0.29, 0.717) is 0 Å². The van der Waals surface area contributed by atoms with E-state index in [-0.39, 0.29) is 5.91 Å². The molecule has 0 aliphatic carbocycles. The van der Waals surface area contributed by atoms with Crippen LogP contribution in [-0.2, 0) is 5.54 Å². The number of benzene rings is 3. The fourth-order valence-corrected chi connectivity index (χ4v) is 3.91. The Hall–Kier alpha value is -2.87. The Bertz CT molecular complexity index is 873. The fourth-order valence-electron chi connectivity index (χ4n) is 3.91. The molecule has 1 aliphatic heterocycles. The van der Waals surface area contributed by atoms with Crippen molar-refractivity contribution in [3.8, 4) is 0 Å². The number of fused-ring (bicyclic) bond motifs is 1. The average Bonchev–Trinajstić information content (AvgIpc) is 2.93. The maximum atomic E-state index is 13.3. The molecule has 0 saturated carbocycles. The summed E-state index contributed by atoms with van der Waals surface area (Å²) in [5, 5.41) is 0. The Kier molecular flexibility index (Phi) is 3.46. The Morgan fingerprint density at radius 3 is 2.04 bits per heavy atom. The van der Waals surface area contributed by atoms with Crippen molar-refractivity contribution in [3.63, 3.8) is 0 Å². The molecule has 0 N–H and O–H groups in total. The number of nitrogens with zero attached hydrogens (tertiary/aromatic N) is 1. The zero-order chi connectivity index (χ0) is 16.6. The third kappa shape index (κ3) is 1.93. The third-order valence-corrected chi connectivity index (χ3v) is 4.97. The zero-order valence-corrected chi connectivity index (χ0v) is 13.6. The average molecular weight is 313 g/mol. The highest BCUT2D eigenvalue weighted by atomic mass is 16.2. The molecule has 2 heteroatoms. The molecule has 2 nitrogen and oxygen atoms in total. The van der Waals surface area contributed by atoms with E-state index in [0.717, 1.165) is 28.8 Å². The van der Waals surface area contributed by atoms with Crippen LogP contribution in [-0.4, -0.2) is 5.91 Å². The van der Waals surface area contributed by atoms with Gasteiger partial charge in [0.1, 0.15) is 0 Å². The van der Waals surface area contributed by atoms with Crippen molar-refractivity contribution in [2.24, 2.45) is 0 Å². The van der Waals surface area contributed by atoms with Gasteiger partial charge >= 0.3 is 0 Å². The second kappa shape index (κ2) is 5.64. The quantitative estimate of drug-likeness (QED) is 0.666. The summed E-state index contributed by atoms with van der Waals surface area (Å²) in [7, 11) is 0. The standard InChI is InChI=1S/C22H19NO/c1-2-22(17-11-5-3-6-12-17)20-16-10-9-15-19(20)21(24)23(22)18-13-7-4-8-14-18/h3-16H,2H2,1H3. The van der Waals surface area contributed by atoms with Gasteiger partial charge in [0.25, 0.3) is 5.91 Å². The van der Waals surface area contributed by atoms with E-state index < -0.39 is 5.54 Å². The van der Waals surface area contributed by atoms with Gasteiger partial charge in [-0.15, -0.1) is 0 Å². The van der Waals surface area contributed by atoms with Gasteiger partial charge in [0, 0.05) is 11.3 Å². The third-order valence-electron chi connectivity index (χ3n) is 4.97. The van der Waals surface area contributed by atoms with Crippen LogP contribution in [0.2, 0.25) is 0 Å². The molecule has 0 radical (unpaired) electrons. The molecule has 3 aromatic carbocycles. The van der Waals surface area contributed by atoms with Gasteiger partial charge in [0.2, 0.25) is 0 Å². The lowest BCUT2D eigenvalue weighted by atomic mass is 9.80. The van der Waals surface area contributed by atoms with Gasteiger partial charge in [-0.05, 0) is 35.7 Å². The molecule has 118 valence electrons. The number of amides is 1. The Morgan fingerprint density at radius 1 is 0.792 bits per heavy atom. The first kappa shape index (κ1) is 14.7.